The summed E-state index contributed by atoms with van der Waals surface area (Å²) in [5, 5.41) is 3.42. The minimum Gasteiger partial charge on any atom is -0.366 e. The summed E-state index contributed by atoms with van der Waals surface area (Å²) in [5.41, 5.74) is 7.71. The van der Waals surface area contributed by atoms with Gasteiger partial charge in [0.25, 0.3) is 5.91 Å². The molecule has 1 saturated heterocycles. The molecule has 2 fully saturated rings. The van der Waals surface area contributed by atoms with Crippen LogP contribution in [-0.2, 0) is 5.41 Å². The first-order chi connectivity index (χ1) is 11.2. The zero-order valence-corrected chi connectivity index (χ0v) is 13.4. The van der Waals surface area contributed by atoms with Gasteiger partial charge < -0.3 is 16.0 Å². The molecule has 1 aliphatic heterocycles. The summed E-state index contributed by atoms with van der Waals surface area (Å²) in [4.78, 5) is 19.9. The van der Waals surface area contributed by atoms with Crippen LogP contribution in [0.4, 0.5) is 0 Å². The van der Waals surface area contributed by atoms with Gasteiger partial charge >= 0.3 is 0 Å². The smallest absolute Gasteiger partial charge is 0.250 e. The van der Waals surface area contributed by atoms with E-state index in [1.807, 2.05) is 12.1 Å². The number of primary amides is 1. The maximum absolute atomic E-state index is 11.6. The molecule has 23 heavy (non-hydrogen) atoms. The number of carbonyl (C=O) groups is 1. The number of benzene rings is 1. The van der Waals surface area contributed by atoms with E-state index in [1.54, 1.807) is 6.07 Å². The number of amides is 1. The minimum atomic E-state index is -0.415. The number of aromatic nitrogens is 2. The molecule has 4 rings (SSSR count). The predicted molar refractivity (Wildman–Crippen MR) is 90.4 cm³/mol. The highest BCUT2D eigenvalue weighted by Gasteiger charge is 2.43. The Hall–Kier alpha value is -1.88. The molecule has 4 N–H and O–H groups in total. The quantitative estimate of drug-likeness (QED) is 0.811. The van der Waals surface area contributed by atoms with Crippen LogP contribution >= 0.6 is 0 Å². The number of para-hydroxylation sites is 1. The number of rotatable bonds is 4. The summed E-state index contributed by atoms with van der Waals surface area (Å²) in [5.74, 6) is 1.40. The van der Waals surface area contributed by atoms with E-state index >= 15 is 0 Å². The summed E-state index contributed by atoms with van der Waals surface area (Å²) >= 11 is 0. The van der Waals surface area contributed by atoms with Gasteiger partial charge in [0.2, 0.25) is 0 Å². The Labute approximate surface area is 136 Å². The lowest BCUT2D eigenvalue weighted by molar-refractivity contribution is 0.100. The third-order valence-electron chi connectivity index (χ3n) is 5.61. The third-order valence-corrected chi connectivity index (χ3v) is 5.61. The maximum atomic E-state index is 11.6. The lowest BCUT2D eigenvalue weighted by Crippen LogP contribution is -2.58. The molecule has 122 valence electrons. The van der Waals surface area contributed by atoms with E-state index in [1.165, 1.54) is 38.5 Å². The lowest BCUT2D eigenvalue weighted by Gasteiger charge is -2.44. The largest absolute Gasteiger partial charge is 0.366 e. The Morgan fingerprint density at radius 2 is 2.04 bits per heavy atom. The van der Waals surface area contributed by atoms with Gasteiger partial charge in [0.15, 0.2) is 0 Å². The number of fused-ring (bicyclic) bond motifs is 1. The fourth-order valence-electron chi connectivity index (χ4n) is 4.26. The SMILES string of the molecule is NC(=O)c1cccc2[nH]c(C3(CC4CCCCC4)CNC3)nc12. The normalized spacial score (nSPS) is 21.2. The molecule has 0 spiro atoms. The zero-order valence-electron chi connectivity index (χ0n) is 13.4. The third kappa shape index (κ3) is 2.53. The highest BCUT2D eigenvalue weighted by Crippen LogP contribution is 2.39. The minimum absolute atomic E-state index is 0.0932. The molecule has 1 aliphatic carbocycles. The molecule has 0 unspecified atom stereocenters. The maximum Gasteiger partial charge on any atom is 0.250 e. The number of nitrogens with two attached hydrogens (primary N) is 1. The van der Waals surface area contributed by atoms with Gasteiger partial charge in [-0.25, -0.2) is 4.98 Å². The van der Waals surface area contributed by atoms with Gasteiger partial charge in [-0.05, 0) is 24.5 Å². The number of aromatic amines is 1. The van der Waals surface area contributed by atoms with E-state index in [4.69, 9.17) is 10.7 Å². The number of nitrogens with zero attached hydrogens (tertiary/aromatic N) is 1. The van der Waals surface area contributed by atoms with Crippen molar-refractivity contribution in [3.8, 4) is 0 Å². The van der Waals surface area contributed by atoms with Crippen molar-refractivity contribution in [2.24, 2.45) is 11.7 Å². The summed E-state index contributed by atoms with van der Waals surface area (Å²) in [6.45, 7) is 1.93. The van der Waals surface area contributed by atoms with Crippen molar-refractivity contribution in [1.29, 1.82) is 0 Å². The number of nitrogens with one attached hydrogen (secondary N) is 2. The van der Waals surface area contributed by atoms with Crippen LogP contribution in [0.25, 0.3) is 11.0 Å². The fourth-order valence-corrected chi connectivity index (χ4v) is 4.26. The van der Waals surface area contributed by atoms with Gasteiger partial charge in [-0.15, -0.1) is 0 Å². The molecule has 1 saturated carbocycles. The molecule has 5 heteroatoms. The van der Waals surface area contributed by atoms with Gasteiger partial charge in [-0.1, -0.05) is 38.2 Å². The molecule has 2 heterocycles. The highest BCUT2D eigenvalue weighted by atomic mass is 16.1. The molecule has 1 amide bonds. The zero-order chi connectivity index (χ0) is 15.9. The van der Waals surface area contributed by atoms with Crippen molar-refractivity contribution >= 4 is 16.9 Å². The van der Waals surface area contributed by atoms with Crippen LogP contribution in [0.1, 0.15) is 54.7 Å². The van der Waals surface area contributed by atoms with Crippen molar-refractivity contribution in [2.45, 2.75) is 43.9 Å². The van der Waals surface area contributed by atoms with Crippen LogP contribution < -0.4 is 11.1 Å². The molecular weight excluding hydrogens is 288 g/mol. The average molecular weight is 312 g/mol. The molecule has 2 aliphatic rings. The van der Waals surface area contributed by atoms with E-state index in [-0.39, 0.29) is 5.41 Å². The summed E-state index contributed by atoms with van der Waals surface area (Å²) in [7, 11) is 0. The van der Waals surface area contributed by atoms with Crippen LogP contribution in [0.3, 0.4) is 0 Å². The number of hydrogen-bond donors (Lipinski definition) is 3. The van der Waals surface area contributed by atoms with E-state index in [0.717, 1.165) is 30.3 Å². The van der Waals surface area contributed by atoms with E-state index in [0.29, 0.717) is 11.1 Å². The molecule has 0 bridgehead atoms. The Kier molecular flexibility index (Phi) is 3.60. The van der Waals surface area contributed by atoms with Crippen molar-refractivity contribution in [2.75, 3.05) is 13.1 Å². The first-order valence-electron chi connectivity index (χ1n) is 8.68. The molecule has 0 radical (unpaired) electrons. The van der Waals surface area contributed by atoms with Gasteiger partial charge in [-0.2, -0.15) is 0 Å². The number of imidazole rings is 1. The van der Waals surface area contributed by atoms with E-state index < -0.39 is 5.91 Å². The second-order valence-electron chi connectivity index (χ2n) is 7.24. The molecule has 0 atom stereocenters. The summed E-state index contributed by atoms with van der Waals surface area (Å²) in [6, 6.07) is 5.58. The first kappa shape index (κ1) is 14.7. The molecule has 2 aromatic rings. The summed E-state index contributed by atoms with van der Waals surface area (Å²) in [6.07, 6.45) is 7.98. The first-order valence-corrected chi connectivity index (χ1v) is 8.68. The standard InChI is InChI=1S/C18H24N4O/c19-16(23)13-7-4-8-14-15(13)22-17(21-14)18(10-20-11-18)9-12-5-2-1-3-6-12/h4,7-8,12,20H,1-3,5-6,9-11H2,(H2,19,23)(H,21,22). The fraction of sp³-hybridized carbons (Fsp3) is 0.556. The van der Waals surface area contributed by atoms with Crippen LogP contribution in [0.5, 0.6) is 0 Å². The monoisotopic (exact) mass is 312 g/mol. The number of hydrogen-bond acceptors (Lipinski definition) is 3. The van der Waals surface area contributed by atoms with Gasteiger partial charge in [-0.3, -0.25) is 4.79 Å². The van der Waals surface area contributed by atoms with Crippen molar-refractivity contribution in [1.82, 2.24) is 15.3 Å². The van der Waals surface area contributed by atoms with E-state index in [2.05, 4.69) is 10.3 Å². The van der Waals surface area contributed by atoms with Crippen molar-refractivity contribution in [3.05, 3.63) is 29.6 Å². The number of H-pyrrole nitrogens is 1. The van der Waals surface area contributed by atoms with Gasteiger partial charge in [0.05, 0.1) is 16.5 Å². The Balaban J connectivity index is 1.68. The summed E-state index contributed by atoms with van der Waals surface area (Å²) < 4.78 is 0. The van der Waals surface area contributed by atoms with Crippen molar-refractivity contribution in [3.63, 3.8) is 0 Å². The van der Waals surface area contributed by atoms with Gasteiger partial charge in [0.1, 0.15) is 11.3 Å². The van der Waals surface area contributed by atoms with Gasteiger partial charge in [0, 0.05) is 13.1 Å². The average Bonchev–Trinajstić information content (AvgIpc) is 2.95. The van der Waals surface area contributed by atoms with Crippen LogP contribution in [0.2, 0.25) is 0 Å². The molecule has 5 nitrogen and oxygen atoms in total. The van der Waals surface area contributed by atoms with Crippen LogP contribution in [0.15, 0.2) is 18.2 Å². The number of carbonyl (C=O) groups excluding carboxylic acids is 1. The Morgan fingerprint density at radius 3 is 2.70 bits per heavy atom. The molecule has 1 aromatic heterocycles. The highest BCUT2D eigenvalue weighted by molar-refractivity contribution is 6.04. The van der Waals surface area contributed by atoms with Crippen LogP contribution in [0, 0.1) is 5.92 Å². The lowest BCUT2D eigenvalue weighted by atomic mass is 9.70. The van der Waals surface area contributed by atoms with E-state index in [9.17, 15) is 4.79 Å². The topological polar surface area (TPSA) is 83.8 Å². The predicted octanol–water partition coefficient (Wildman–Crippen LogP) is 2.47. The van der Waals surface area contributed by atoms with Crippen LogP contribution in [-0.4, -0.2) is 29.0 Å². The molecular formula is C18H24N4O. The second kappa shape index (κ2) is 5.64. The Bertz CT molecular complexity index is 726. The second-order valence-corrected chi connectivity index (χ2v) is 7.24. The van der Waals surface area contributed by atoms with Crippen molar-refractivity contribution < 1.29 is 4.79 Å². The Morgan fingerprint density at radius 1 is 1.26 bits per heavy atom. The molecule has 1 aromatic carbocycles.